The van der Waals surface area contributed by atoms with E-state index in [4.69, 9.17) is 25.8 Å². The smallest absolute Gasteiger partial charge is 0.244 e. The number of amides is 1. The summed E-state index contributed by atoms with van der Waals surface area (Å²) in [6, 6.07) is 10.8. The Morgan fingerprint density at radius 3 is 2.16 bits per heavy atom. The number of carbonyl (C=O) groups is 1. The lowest BCUT2D eigenvalue weighted by atomic mass is 10.1. The van der Waals surface area contributed by atoms with Crippen molar-refractivity contribution in [1.29, 1.82) is 0 Å². The molecule has 0 atom stereocenters. The Labute approximate surface area is 152 Å². The van der Waals surface area contributed by atoms with Gasteiger partial charge in [0.25, 0.3) is 0 Å². The van der Waals surface area contributed by atoms with Crippen LogP contribution in [0.5, 0.6) is 17.2 Å². The van der Waals surface area contributed by atoms with Crippen molar-refractivity contribution in [2.24, 2.45) is 0 Å². The Balaban J connectivity index is 2.02. The van der Waals surface area contributed by atoms with Crippen LogP contribution in [0.15, 0.2) is 42.5 Å². The molecule has 6 heteroatoms. The van der Waals surface area contributed by atoms with Crippen molar-refractivity contribution in [2.45, 2.75) is 6.54 Å². The first-order chi connectivity index (χ1) is 12.1. The van der Waals surface area contributed by atoms with Crippen molar-refractivity contribution >= 4 is 23.6 Å². The van der Waals surface area contributed by atoms with Gasteiger partial charge in [-0.1, -0.05) is 23.7 Å². The summed E-state index contributed by atoms with van der Waals surface area (Å²) in [6.07, 6.45) is 3.20. The van der Waals surface area contributed by atoms with Crippen LogP contribution < -0.4 is 19.5 Å². The highest BCUT2D eigenvalue weighted by atomic mass is 35.5. The third kappa shape index (κ3) is 5.16. The molecular formula is C19H20ClNO4. The van der Waals surface area contributed by atoms with Crippen LogP contribution >= 0.6 is 11.6 Å². The van der Waals surface area contributed by atoms with Gasteiger partial charge in [0.1, 0.15) is 0 Å². The van der Waals surface area contributed by atoms with Gasteiger partial charge < -0.3 is 19.5 Å². The summed E-state index contributed by atoms with van der Waals surface area (Å²) in [5, 5.41) is 3.47. The minimum atomic E-state index is -0.205. The molecule has 132 valence electrons. The number of ether oxygens (including phenoxy) is 3. The van der Waals surface area contributed by atoms with Crippen molar-refractivity contribution in [2.75, 3.05) is 21.3 Å². The number of carbonyl (C=O) groups excluding carboxylic acids is 1. The number of halogens is 1. The Kier molecular flexibility index (Phi) is 6.71. The van der Waals surface area contributed by atoms with Crippen molar-refractivity contribution in [3.63, 3.8) is 0 Å². The van der Waals surface area contributed by atoms with Crippen LogP contribution in [0.4, 0.5) is 0 Å². The fourth-order valence-corrected chi connectivity index (χ4v) is 2.36. The highest BCUT2D eigenvalue weighted by Crippen LogP contribution is 2.38. The van der Waals surface area contributed by atoms with Gasteiger partial charge in [-0.15, -0.1) is 0 Å². The summed E-state index contributed by atoms with van der Waals surface area (Å²) >= 11 is 5.83. The van der Waals surface area contributed by atoms with E-state index in [9.17, 15) is 4.79 Å². The summed E-state index contributed by atoms with van der Waals surface area (Å²) in [6.45, 7) is 0.334. The number of methoxy groups -OCH3 is 3. The van der Waals surface area contributed by atoms with E-state index in [1.54, 1.807) is 51.7 Å². The van der Waals surface area contributed by atoms with Crippen LogP contribution in [0.25, 0.3) is 6.08 Å². The average Bonchev–Trinajstić information content (AvgIpc) is 2.64. The molecule has 25 heavy (non-hydrogen) atoms. The molecule has 0 bridgehead atoms. The summed E-state index contributed by atoms with van der Waals surface area (Å²) in [7, 11) is 4.65. The predicted molar refractivity (Wildman–Crippen MR) is 98.4 cm³/mol. The molecule has 0 aromatic heterocycles. The normalized spacial score (nSPS) is 10.6. The average molecular weight is 362 g/mol. The number of rotatable bonds is 7. The van der Waals surface area contributed by atoms with Crippen LogP contribution in [0.1, 0.15) is 11.1 Å². The van der Waals surface area contributed by atoms with Crippen molar-refractivity contribution < 1.29 is 19.0 Å². The number of nitrogens with one attached hydrogen (secondary N) is 1. The third-order valence-corrected chi connectivity index (χ3v) is 3.74. The molecular weight excluding hydrogens is 342 g/mol. The Morgan fingerprint density at radius 2 is 1.64 bits per heavy atom. The maximum absolute atomic E-state index is 12.0. The molecule has 0 unspecified atom stereocenters. The quantitative estimate of drug-likeness (QED) is 0.764. The van der Waals surface area contributed by atoms with Gasteiger partial charge in [0, 0.05) is 17.6 Å². The lowest BCUT2D eigenvalue weighted by Crippen LogP contribution is -2.20. The molecule has 5 nitrogen and oxygen atoms in total. The van der Waals surface area contributed by atoms with Crippen molar-refractivity contribution in [3.8, 4) is 17.2 Å². The number of benzene rings is 2. The molecule has 0 aliphatic carbocycles. The largest absolute Gasteiger partial charge is 0.493 e. The molecule has 0 aliphatic heterocycles. The van der Waals surface area contributed by atoms with Crippen molar-refractivity contribution in [3.05, 3.63) is 58.6 Å². The second-order valence-corrected chi connectivity index (χ2v) is 5.57. The Bertz CT molecular complexity index is 732. The van der Waals surface area contributed by atoms with Gasteiger partial charge in [0.15, 0.2) is 11.5 Å². The van der Waals surface area contributed by atoms with E-state index in [1.807, 2.05) is 12.1 Å². The summed E-state index contributed by atoms with van der Waals surface area (Å²) < 4.78 is 15.9. The summed E-state index contributed by atoms with van der Waals surface area (Å²) in [5.74, 6) is 1.40. The monoisotopic (exact) mass is 361 g/mol. The van der Waals surface area contributed by atoms with Gasteiger partial charge >= 0.3 is 0 Å². The zero-order valence-corrected chi connectivity index (χ0v) is 15.1. The lowest BCUT2D eigenvalue weighted by Gasteiger charge is -2.14. The van der Waals surface area contributed by atoms with Crippen LogP contribution in [-0.4, -0.2) is 27.2 Å². The number of hydrogen-bond acceptors (Lipinski definition) is 4. The van der Waals surface area contributed by atoms with Gasteiger partial charge in [-0.25, -0.2) is 0 Å². The van der Waals surface area contributed by atoms with Crippen LogP contribution in [0.2, 0.25) is 5.02 Å². The lowest BCUT2D eigenvalue weighted by molar-refractivity contribution is -0.116. The van der Waals surface area contributed by atoms with Gasteiger partial charge in [-0.2, -0.15) is 0 Å². The zero-order valence-electron chi connectivity index (χ0n) is 14.3. The molecule has 0 aliphatic rings. The maximum Gasteiger partial charge on any atom is 0.244 e. The molecule has 2 aromatic carbocycles. The highest BCUT2D eigenvalue weighted by Gasteiger charge is 2.13. The van der Waals surface area contributed by atoms with Gasteiger partial charge in [0.05, 0.1) is 21.3 Å². The fraction of sp³-hybridized carbons (Fsp3) is 0.211. The fourth-order valence-electron chi connectivity index (χ4n) is 2.23. The second kappa shape index (κ2) is 8.99. The minimum Gasteiger partial charge on any atom is -0.493 e. The minimum absolute atomic E-state index is 0.205. The molecule has 2 rings (SSSR count). The SMILES string of the molecule is COc1cc(CNC(=O)/C=C/c2ccc(Cl)cc2)cc(OC)c1OC. The first-order valence-corrected chi connectivity index (χ1v) is 7.95. The molecule has 0 radical (unpaired) electrons. The first kappa shape index (κ1) is 18.7. The first-order valence-electron chi connectivity index (χ1n) is 7.57. The molecule has 0 saturated carbocycles. The molecule has 0 heterocycles. The van der Waals surface area contributed by atoms with Crippen LogP contribution in [0.3, 0.4) is 0 Å². The van der Waals surface area contributed by atoms with Gasteiger partial charge in [0.2, 0.25) is 11.7 Å². The topological polar surface area (TPSA) is 56.8 Å². The second-order valence-electron chi connectivity index (χ2n) is 5.14. The van der Waals surface area contributed by atoms with Gasteiger partial charge in [-0.3, -0.25) is 4.79 Å². The van der Waals surface area contributed by atoms with Crippen LogP contribution in [0, 0.1) is 0 Å². The standard InChI is InChI=1S/C19H20ClNO4/c1-23-16-10-14(11-17(24-2)19(16)25-3)12-21-18(22)9-6-13-4-7-15(20)8-5-13/h4-11H,12H2,1-3H3,(H,21,22)/b9-6+. The highest BCUT2D eigenvalue weighted by molar-refractivity contribution is 6.30. The van der Waals surface area contributed by atoms with E-state index in [2.05, 4.69) is 5.32 Å². The molecule has 0 fully saturated rings. The van der Waals surface area contributed by atoms with E-state index in [0.29, 0.717) is 28.8 Å². The molecule has 0 spiro atoms. The van der Waals surface area contributed by atoms with E-state index in [0.717, 1.165) is 11.1 Å². The van der Waals surface area contributed by atoms with Gasteiger partial charge in [-0.05, 0) is 41.5 Å². The molecule has 2 aromatic rings. The van der Waals surface area contributed by atoms with E-state index < -0.39 is 0 Å². The summed E-state index contributed by atoms with van der Waals surface area (Å²) in [4.78, 5) is 12.0. The maximum atomic E-state index is 12.0. The Hall–Kier alpha value is -2.66. The van der Waals surface area contributed by atoms with E-state index >= 15 is 0 Å². The Morgan fingerprint density at radius 1 is 1.04 bits per heavy atom. The molecule has 0 saturated heterocycles. The molecule has 1 N–H and O–H groups in total. The predicted octanol–water partition coefficient (Wildman–Crippen LogP) is 3.70. The van der Waals surface area contributed by atoms with E-state index in [-0.39, 0.29) is 5.91 Å². The number of hydrogen-bond donors (Lipinski definition) is 1. The summed E-state index contributed by atoms with van der Waals surface area (Å²) in [5.41, 5.74) is 1.73. The van der Waals surface area contributed by atoms with Crippen LogP contribution in [-0.2, 0) is 11.3 Å². The third-order valence-electron chi connectivity index (χ3n) is 3.49. The zero-order chi connectivity index (χ0) is 18.2. The molecule has 1 amide bonds. The van der Waals surface area contributed by atoms with Crippen molar-refractivity contribution in [1.82, 2.24) is 5.32 Å². The van der Waals surface area contributed by atoms with E-state index in [1.165, 1.54) is 6.08 Å².